The van der Waals surface area contributed by atoms with Crippen molar-refractivity contribution in [3.8, 4) is 0 Å². The molecule has 0 spiro atoms. The van der Waals surface area contributed by atoms with Gasteiger partial charge in [0.2, 0.25) is 17.7 Å². The summed E-state index contributed by atoms with van der Waals surface area (Å²) in [5.41, 5.74) is 0.690. The Kier molecular flexibility index (Phi) is 4.50. The molecule has 2 atom stereocenters. The van der Waals surface area contributed by atoms with Gasteiger partial charge in [0.15, 0.2) is 0 Å². The summed E-state index contributed by atoms with van der Waals surface area (Å²) in [7, 11) is 0. The van der Waals surface area contributed by atoms with Crippen molar-refractivity contribution in [3.05, 3.63) is 36.7 Å². The molecule has 0 aromatic carbocycles. The number of hydrogen-bond donors (Lipinski definition) is 1. The van der Waals surface area contributed by atoms with Crippen LogP contribution in [0.1, 0.15) is 25.7 Å². The third-order valence-corrected chi connectivity index (χ3v) is 4.35. The molecule has 0 bridgehead atoms. The lowest BCUT2D eigenvalue weighted by Gasteiger charge is -2.14. The fourth-order valence-corrected chi connectivity index (χ4v) is 3.15. The number of carbonyl (C=O) groups excluding carboxylic acids is 3. The number of likely N-dealkylation sites (tertiary alicyclic amines) is 1. The molecule has 120 valence electrons. The lowest BCUT2D eigenvalue weighted by atomic mass is 9.85. The summed E-state index contributed by atoms with van der Waals surface area (Å²) in [4.78, 5) is 41.6. The minimum atomic E-state index is -0.196. The molecule has 1 aliphatic carbocycles. The van der Waals surface area contributed by atoms with Gasteiger partial charge in [-0.05, 0) is 31.4 Å². The summed E-state index contributed by atoms with van der Waals surface area (Å²) in [6.07, 6.45) is 9.19. The number of imide groups is 1. The second kappa shape index (κ2) is 6.73. The molecule has 1 aliphatic heterocycles. The molecule has 2 aliphatic rings. The van der Waals surface area contributed by atoms with E-state index in [-0.39, 0.29) is 36.0 Å². The van der Waals surface area contributed by atoms with E-state index in [1.165, 1.54) is 4.90 Å². The Balaban J connectivity index is 1.48. The number of carbonyl (C=O) groups is 3. The summed E-state index contributed by atoms with van der Waals surface area (Å²) in [5, 5.41) is 2.76. The average Bonchev–Trinajstić information content (AvgIpc) is 2.81. The van der Waals surface area contributed by atoms with Crippen LogP contribution in [0.25, 0.3) is 0 Å². The first kappa shape index (κ1) is 15.4. The largest absolute Gasteiger partial charge is 0.326 e. The van der Waals surface area contributed by atoms with E-state index in [2.05, 4.69) is 10.3 Å². The van der Waals surface area contributed by atoms with Crippen molar-refractivity contribution < 1.29 is 14.4 Å². The van der Waals surface area contributed by atoms with Gasteiger partial charge in [0.05, 0.1) is 11.8 Å². The molecule has 1 N–H and O–H groups in total. The number of allylic oxidation sites excluding steroid dienone is 2. The molecule has 1 aromatic heterocycles. The van der Waals surface area contributed by atoms with E-state index in [0.717, 1.165) is 0 Å². The van der Waals surface area contributed by atoms with Crippen molar-refractivity contribution in [2.45, 2.75) is 25.7 Å². The monoisotopic (exact) mass is 313 g/mol. The smallest absolute Gasteiger partial charge is 0.233 e. The fourth-order valence-electron chi connectivity index (χ4n) is 3.15. The number of anilines is 1. The number of rotatable bonds is 5. The quantitative estimate of drug-likeness (QED) is 0.663. The van der Waals surface area contributed by atoms with Crippen LogP contribution in [-0.4, -0.2) is 34.2 Å². The van der Waals surface area contributed by atoms with E-state index >= 15 is 0 Å². The molecule has 2 heterocycles. The standard InChI is InChI=1S/C17H19N3O3/c21-15(19-12-7-9-18-10-8-12)6-3-11-20-16(22)13-4-1-2-5-14(13)17(20)23/h1-2,7-10,13-14H,3-6,11H2,(H,18,19,21). The molecule has 6 heteroatoms. The van der Waals surface area contributed by atoms with Crippen LogP contribution < -0.4 is 5.32 Å². The van der Waals surface area contributed by atoms with Crippen molar-refractivity contribution in [2.24, 2.45) is 11.8 Å². The van der Waals surface area contributed by atoms with Gasteiger partial charge in [-0.25, -0.2) is 0 Å². The van der Waals surface area contributed by atoms with Crippen LogP contribution in [0.2, 0.25) is 0 Å². The maximum Gasteiger partial charge on any atom is 0.233 e. The first-order chi connectivity index (χ1) is 11.2. The summed E-state index contributed by atoms with van der Waals surface area (Å²) in [6, 6.07) is 3.42. The number of aromatic nitrogens is 1. The second-order valence-corrected chi connectivity index (χ2v) is 5.87. The van der Waals surface area contributed by atoms with Crippen molar-refractivity contribution in [1.29, 1.82) is 0 Å². The highest BCUT2D eigenvalue weighted by atomic mass is 16.2. The van der Waals surface area contributed by atoms with Crippen molar-refractivity contribution in [1.82, 2.24) is 9.88 Å². The predicted octanol–water partition coefficient (Wildman–Crippen LogP) is 1.75. The molecule has 1 fully saturated rings. The van der Waals surface area contributed by atoms with Crippen molar-refractivity contribution >= 4 is 23.4 Å². The zero-order chi connectivity index (χ0) is 16.2. The fraction of sp³-hybridized carbons (Fsp3) is 0.412. The van der Waals surface area contributed by atoms with E-state index in [9.17, 15) is 14.4 Å². The molecule has 3 rings (SSSR count). The van der Waals surface area contributed by atoms with Crippen LogP contribution in [0.15, 0.2) is 36.7 Å². The predicted molar refractivity (Wildman–Crippen MR) is 84.2 cm³/mol. The van der Waals surface area contributed by atoms with Crippen LogP contribution in [0, 0.1) is 11.8 Å². The number of nitrogens with zero attached hydrogens (tertiary/aromatic N) is 2. The second-order valence-electron chi connectivity index (χ2n) is 5.87. The van der Waals surface area contributed by atoms with Crippen LogP contribution in [0.3, 0.4) is 0 Å². The SMILES string of the molecule is O=C(CCCN1C(=O)C2CC=CCC2C1=O)Nc1ccncc1. The van der Waals surface area contributed by atoms with E-state index in [0.29, 0.717) is 31.5 Å². The Morgan fingerprint density at radius 2 is 1.74 bits per heavy atom. The maximum atomic E-state index is 12.3. The van der Waals surface area contributed by atoms with Gasteiger partial charge in [-0.1, -0.05) is 12.2 Å². The molecule has 1 saturated heterocycles. The zero-order valence-corrected chi connectivity index (χ0v) is 12.8. The van der Waals surface area contributed by atoms with Crippen LogP contribution in [0.4, 0.5) is 5.69 Å². The average molecular weight is 313 g/mol. The molecule has 23 heavy (non-hydrogen) atoms. The van der Waals surface area contributed by atoms with Crippen molar-refractivity contribution in [3.63, 3.8) is 0 Å². The highest BCUT2D eigenvalue weighted by molar-refractivity contribution is 6.05. The first-order valence-electron chi connectivity index (χ1n) is 7.87. The van der Waals surface area contributed by atoms with E-state index in [1.54, 1.807) is 24.5 Å². The minimum absolute atomic E-state index is 0.0844. The minimum Gasteiger partial charge on any atom is -0.326 e. The zero-order valence-electron chi connectivity index (χ0n) is 12.8. The van der Waals surface area contributed by atoms with Gasteiger partial charge in [-0.2, -0.15) is 0 Å². The van der Waals surface area contributed by atoms with Crippen molar-refractivity contribution in [2.75, 3.05) is 11.9 Å². The Morgan fingerprint density at radius 1 is 1.13 bits per heavy atom. The number of pyridine rings is 1. The summed E-state index contributed by atoms with van der Waals surface area (Å²) >= 11 is 0. The van der Waals surface area contributed by atoms with Gasteiger partial charge < -0.3 is 5.32 Å². The molecule has 6 nitrogen and oxygen atoms in total. The van der Waals surface area contributed by atoms with Gasteiger partial charge in [0.1, 0.15) is 0 Å². The van der Waals surface area contributed by atoms with Gasteiger partial charge >= 0.3 is 0 Å². The molecule has 2 unspecified atom stereocenters. The van der Waals surface area contributed by atoms with Crippen LogP contribution in [-0.2, 0) is 14.4 Å². The summed E-state index contributed by atoms with van der Waals surface area (Å²) in [6.45, 7) is 0.314. The number of hydrogen-bond acceptors (Lipinski definition) is 4. The molecule has 1 aromatic rings. The summed E-state index contributed by atoms with van der Waals surface area (Å²) in [5.74, 6) is -0.691. The number of fused-ring (bicyclic) bond motifs is 1. The third-order valence-electron chi connectivity index (χ3n) is 4.35. The van der Waals surface area contributed by atoms with Crippen LogP contribution in [0.5, 0.6) is 0 Å². The lowest BCUT2D eigenvalue weighted by Crippen LogP contribution is -2.32. The highest BCUT2D eigenvalue weighted by Crippen LogP contribution is 2.35. The topological polar surface area (TPSA) is 79.4 Å². The molecular formula is C17H19N3O3. The maximum absolute atomic E-state index is 12.3. The van der Waals surface area contributed by atoms with E-state index in [1.807, 2.05) is 12.2 Å². The van der Waals surface area contributed by atoms with E-state index in [4.69, 9.17) is 0 Å². The Bertz CT molecular complexity index is 616. The molecular weight excluding hydrogens is 294 g/mol. The Hall–Kier alpha value is -2.50. The first-order valence-corrected chi connectivity index (χ1v) is 7.87. The van der Waals surface area contributed by atoms with E-state index < -0.39 is 0 Å². The molecule has 3 amide bonds. The van der Waals surface area contributed by atoms with Gasteiger partial charge in [-0.15, -0.1) is 0 Å². The number of nitrogens with one attached hydrogen (secondary N) is 1. The Labute approximate surface area is 134 Å². The normalized spacial score (nSPS) is 23.0. The molecule has 0 saturated carbocycles. The lowest BCUT2D eigenvalue weighted by molar-refractivity contribution is -0.140. The highest BCUT2D eigenvalue weighted by Gasteiger charge is 2.46. The molecule has 0 radical (unpaired) electrons. The van der Waals surface area contributed by atoms with Crippen LogP contribution >= 0.6 is 0 Å². The van der Waals surface area contributed by atoms with Gasteiger partial charge in [-0.3, -0.25) is 24.3 Å². The summed E-state index contributed by atoms with van der Waals surface area (Å²) < 4.78 is 0. The number of amides is 3. The van der Waals surface area contributed by atoms with Gasteiger partial charge in [0.25, 0.3) is 0 Å². The third kappa shape index (κ3) is 3.31. The van der Waals surface area contributed by atoms with Gasteiger partial charge in [0, 0.05) is 31.0 Å². The Morgan fingerprint density at radius 3 is 2.35 bits per heavy atom.